The van der Waals surface area contributed by atoms with Crippen LogP contribution in [0.3, 0.4) is 0 Å². The van der Waals surface area contributed by atoms with Crippen molar-refractivity contribution < 1.29 is 17.9 Å². The lowest BCUT2D eigenvalue weighted by atomic mass is 10.1. The second-order valence-electron chi connectivity index (χ2n) is 5.33. The molecule has 0 saturated carbocycles. The zero-order valence-electron chi connectivity index (χ0n) is 13.6. The molecule has 2 nitrogen and oxygen atoms in total. The third kappa shape index (κ3) is 5.46. The average Bonchev–Trinajstić information content (AvgIpc) is 2.58. The van der Waals surface area contributed by atoms with Gasteiger partial charge < -0.3 is 10.1 Å². The summed E-state index contributed by atoms with van der Waals surface area (Å²) in [4.78, 5) is 0.626. The maximum absolute atomic E-state index is 12.7. The molecule has 24 heavy (non-hydrogen) atoms. The number of nitrogens with one attached hydrogen (secondary N) is 1. The smallest absolute Gasteiger partial charge is 0.416 e. The monoisotopic (exact) mass is 355 g/mol. The van der Waals surface area contributed by atoms with E-state index >= 15 is 0 Å². The van der Waals surface area contributed by atoms with Crippen molar-refractivity contribution in [2.45, 2.75) is 24.0 Å². The first-order chi connectivity index (χ1) is 11.4. The lowest BCUT2D eigenvalue weighted by molar-refractivity contribution is -0.137. The van der Waals surface area contributed by atoms with Gasteiger partial charge in [0.15, 0.2) is 0 Å². The summed E-state index contributed by atoms with van der Waals surface area (Å²) in [6, 6.07) is 13.4. The van der Waals surface area contributed by atoms with Crippen molar-refractivity contribution in [2.24, 2.45) is 0 Å². The van der Waals surface area contributed by atoms with E-state index in [1.165, 1.54) is 23.9 Å². The van der Waals surface area contributed by atoms with Crippen LogP contribution in [0.5, 0.6) is 5.75 Å². The van der Waals surface area contributed by atoms with Crippen LogP contribution in [0.25, 0.3) is 0 Å². The van der Waals surface area contributed by atoms with Crippen molar-refractivity contribution in [1.29, 1.82) is 0 Å². The lowest BCUT2D eigenvalue weighted by Gasteiger charge is -2.15. The van der Waals surface area contributed by atoms with E-state index in [1.807, 2.05) is 31.2 Å². The molecule has 0 heterocycles. The topological polar surface area (TPSA) is 21.3 Å². The fraction of sp³-hybridized carbons (Fsp3) is 0.333. The zero-order chi connectivity index (χ0) is 17.6. The van der Waals surface area contributed by atoms with E-state index in [9.17, 15) is 13.2 Å². The van der Waals surface area contributed by atoms with E-state index in [1.54, 1.807) is 13.2 Å². The van der Waals surface area contributed by atoms with Gasteiger partial charge in [0, 0.05) is 23.2 Å². The molecule has 0 amide bonds. The summed E-state index contributed by atoms with van der Waals surface area (Å²) in [6.45, 7) is 2.74. The van der Waals surface area contributed by atoms with Crippen LogP contribution in [-0.4, -0.2) is 19.4 Å². The molecule has 0 bridgehead atoms. The van der Waals surface area contributed by atoms with Gasteiger partial charge in [-0.2, -0.15) is 13.2 Å². The number of hydrogen-bond donors (Lipinski definition) is 1. The van der Waals surface area contributed by atoms with Gasteiger partial charge in [-0.25, -0.2) is 0 Å². The van der Waals surface area contributed by atoms with Gasteiger partial charge in [-0.1, -0.05) is 18.2 Å². The van der Waals surface area contributed by atoms with E-state index in [2.05, 4.69) is 5.32 Å². The van der Waals surface area contributed by atoms with Crippen molar-refractivity contribution in [3.05, 3.63) is 59.7 Å². The largest absolute Gasteiger partial charge is 0.497 e. The van der Waals surface area contributed by atoms with E-state index in [0.717, 1.165) is 17.4 Å². The van der Waals surface area contributed by atoms with Crippen molar-refractivity contribution in [2.75, 3.05) is 19.4 Å². The summed E-state index contributed by atoms with van der Waals surface area (Å²) in [6.07, 6.45) is -4.30. The molecule has 0 aliphatic rings. The summed E-state index contributed by atoms with van der Waals surface area (Å²) in [5.41, 5.74) is 0.503. The highest BCUT2D eigenvalue weighted by atomic mass is 32.2. The number of methoxy groups -OCH3 is 1. The molecule has 130 valence electrons. The van der Waals surface area contributed by atoms with E-state index in [-0.39, 0.29) is 6.04 Å². The van der Waals surface area contributed by atoms with Crippen LogP contribution >= 0.6 is 11.8 Å². The molecule has 6 heteroatoms. The van der Waals surface area contributed by atoms with Crippen LogP contribution in [0.4, 0.5) is 13.2 Å². The Balaban J connectivity index is 1.82. The van der Waals surface area contributed by atoms with Gasteiger partial charge in [0.2, 0.25) is 0 Å². The Kier molecular flexibility index (Phi) is 6.57. The normalized spacial score (nSPS) is 12.9. The summed E-state index contributed by atoms with van der Waals surface area (Å²) >= 11 is 1.41. The first kappa shape index (κ1) is 18.7. The van der Waals surface area contributed by atoms with Crippen molar-refractivity contribution >= 4 is 11.8 Å². The lowest BCUT2D eigenvalue weighted by Crippen LogP contribution is -2.21. The van der Waals surface area contributed by atoms with Crippen LogP contribution in [0, 0.1) is 0 Å². The third-order valence-corrected chi connectivity index (χ3v) is 4.57. The number of thioether (sulfide) groups is 1. The van der Waals surface area contributed by atoms with Crippen LogP contribution in [0.15, 0.2) is 53.4 Å². The van der Waals surface area contributed by atoms with Crippen LogP contribution in [0.2, 0.25) is 0 Å². The molecular formula is C18H20F3NOS. The molecule has 2 aromatic rings. The Morgan fingerprint density at radius 2 is 1.88 bits per heavy atom. The first-order valence-electron chi connectivity index (χ1n) is 7.57. The number of ether oxygens (including phenoxy) is 1. The molecule has 2 rings (SSSR count). The van der Waals surface area contributed by atoms with Crippen molar-refractivity contribution in [3.8, 4) is 5.75 Å². The maximum atomic E-state index is 12.7. The zero-order valence-corrected chi connectivity index (χ0v) is 14.4. The van der Waals surface area contributed by atoms with E-state index in [4.69, 9.17) is 4.74 Å². The van der Waals surface area contributed by atoms with E-state index in [0.29, 0.717) is 17.2 Å². The Labute approximate surface area is 144 Å². The quantitative estimate of drug-likeness (QED) is 0.548. The highest BCUT2D eigenvalue weighted by Gasteiger charge is 2.30. The van der Waals surface area contributed by atoms with Gasteiger partial charge in [-0.05, 0) is 42.8 Å². The second-order valence-corrected chi connectivity index (χ2v) is 6.49. The van der Waals surface area contributed by atoms with Crippen LogP contribution < -0.4 is 10.1 Å². The predicted octanol–water partition coefficient (Wildman–Crippen LogP) is 5.16. The molecule has 0 aliphatic carbocycles. The Morgan fingerprint density at radius 1 is 1.12 bits per heavy atom. The van der Waals surface area contributed by atoms with Gasteiger partial charge >= 0.3 is 6.18 Å². The summed E-state index contributed by atoms with van der Waals surface area (Å²) in [5, 5.41) is 3.37. The number of halogens is 3. The number of rotatable bonds is 7. The second kappa shape index (κ2) is 8.44. The van der Waals surface area contributed by atoms with Crippen molar-refractivity contribution in [1.82, 2.24) is 5.32 Å². The molecule has 0 fully saturated rings. The molecule has 2 aromatic carbocycles. The Morgan fingerprint density at radius 3 is 2.58 bits per heavy atom. The van der Waals surface area contributed by atoms with Crippen LogP contribution in [-0.2, 0) is 6.18 Å². The first-order valence-corrected chi connectivity index (χ1v) is 8.56. The fourth-order valence-corrected chi connectivity index (χ4v) is 3.08. The molecule has 0 aliphatic heterocycles. The molecule has 0 radical (unpaired) electrons. The highest BCUT2D eigenvalue weighted by Crippen LogP contribution is 2.31. The average molecular weight is 355 g/mol. The SMILES string of the molecule is COc1cccc(C(C)NCCSc2cccc(C(F)(F)F)c2)c1. The molecule has 0 spiro atoms. The van der Waals surface area contributed by atoms with Gasteiger partial charge in [0.05, 0.1) is 12.7 Å². The third-order valence-electron chi connectivity index (χ3n) is 3.58. The minimum atomic E-state index is -4.30. The van der Waals surface area contributed by atoms with Crippen molar-refractivity contribution in [3.63, 3.8) is 0 Å². The summed E-state index contributed by atoms with van der Waals surface area (Å²) in [7, 11) is 1.63. The number of benzene rings is 2. The number of alkyl halides is 3. The summed E-state index contributed by atoms with van der Waals surface area (Å²) < 4.78 is 43.2. The minimum absolute atomic E-state index is 0.141. The molecule has 1 atom stereocenters. The Bertz CT molecular complexity index is 661. The van der Waals surface area contributed by atoms with Gasteiger partial charge in [0.1, 0.15) is 5.75 Å². The molecular weight excluding hydrogens is 335 g/mol. The predicted molar refractivity (Wildman–Crippen MR) is 91.6 cm³/mol. The fourth-order valence-electron chi connectivity index (χ4n) is 2.24. The molecule has 0 saturated heterocycles. The Hall–Kier alpha value is -1.66. The maximum Gasteiger partial charge on any atom is 0.416 e. The summed E-state index contributed by atoms with van der Waals surface area (Å²) in [5.74, 6) is 1.50. The van der Waals surface area contributed by atoms with Crippen LogP contribution in [0.1, 0.15) is 24.1 Å². The minimum Gasteiger partial charge on any atom is -0.497 e. The molecule has 0 aromatic heterocycles. The highest BCUT2D eigenvalue weighted by molar-refractivity contribution is 7.99. The molecule has 1 unspecified atom stereocenters. The van der Waals surface area contributed by atoms with Gasteiger partial charge in [0.25, 0.3) is 0 Å². The van der Waals surface area contributed by atoms with E-state index < -0.39 is 11.7 Å². The molecule has 1 N–H and O–H groups in total. The standard InChI is InChI=1S/C18H20F3NOS/c1-13(14-5-3-7-16(11-14)23-2)22-9-10-24-17-8-4-6-15(12-17)18(19,20)21/h3-8,11-13,22H,9-10H2,1-2H3. The number of hydrogen-bond acceptors (Lipinski definition) is 3. The van der Waals surface area contributed by atoms with Gasteiger partial charge in [-0.3, -0.25) is 0 Å². The van der Waals surface area contributed by atoms with Gasteiger partial charge in [-0.15, -0.1) is 11.8 Å².